The Bertz CT molecular complexity index is 288. The lowest BCUT2D eigenvalue weighted by atomic mass is 9.84. The van der Waals surface area contributed by atoms with E-state index in [1.807, 2.05) is 12.3 Å². The van der Waals surface area contributed by atoms with E-state index in [0.29, 0.717) is 5.92 Å². The first-order valence-electron chi connectivity index (χ1n) is 6.77. The largest absolute Gasteiger partial charge is 0.261 e. The highest BCUT2D eigenvalue weighted by molar-refractivity contribution is 5.08. The van der Waals surface area contributed by atoms with Gasteiger partial charge >= 0.3 is 0 Å². The topological polar surface area (TPSA) is 12.9 Å². The molecule has 1 unspecified atom stereocenters. The molecule has 88 valence electrons. The maximum atomic E-state index is 4.44. The van der Waals surface area contributed by atoms with Gasteiger partial charge in [-0.05, 0) is 36.8 Å². The van der Waals surface area contributed by atoms with Crippen LogP contribution in [0.15, 0.2) is 24.4 Å². The lowest BCUT2D eigenvalue weighted by molar-refractivity contribution is 0.325. The SMILES string of the molecule is CC(CCC1CCCCC1)c1ccccn1. The molecule has 1 fully saturated rings. The lowest BCUT2D eigenvalue weighted by Crippen LogP contribution is -2.08. The fraction of sp³-hybridized carbons (Fsp3) is 0.667. The fourth-order valence-electron chi connectivity index (χ4n) is 2.78. The van der Waals surface area contributed by atoms with Crippen molar-refractivity contribution in [2.24, 2.45) is 5.92 Å². The van der Waals surface area contributed by atoms with Crippen molar-refractivity contribution in [3.05, 3.63) is 30.1 Å². The smallest absolute Gasteiger partial charge is 0.0431 e. The molecular formula is C15H23N. The normalized spacial score (nSPS) is 19.6. The highest BCUT2D eigenvalue weighted by Crippen LogP contribution is 2.30. The monoisotopic (exact) mass is 217 g/mol. The molecule has 1 heterocycles. The van der Waals surface area contributed by atoms with Crippen molar-refractivity contribution >= 4 is 0 Å². The van der Waals surface area contributed by atoms with Crippen molar-refractivity contribution in [2.45, 2.75) is 57.8 Å². The van der Waals surface area contributed by atoms with Gasteiger partial charge in [0.15, 0.2) is 0 Å². The summed E-state index contributed by atoms with van der Waals surface area (Å²) in [6, 6.07) is 6.25. The van der Waals surface area contributed by atoms with Crippen LogP contribution in [0.25, 0.3) is 0 Å². The molecule has 0 bridgehead atoms. The zero-order chi connectivity index (χ0) is 11.2. The van der Waals surface area contributed by atoms with E-state index in [0.717, 1.165) is 5.92 Å². The van der Waals surface area contributed by atoms with Crippen LogP contribution in [-0.2, 0) is 0 Å². The van der Waals surface area contributed by atoms with Crippen LogP contribution in [0.4, 0.5) is 0 Å². The molecule has 0 saturated heterocycles. The minimum atomic E-state index is 0.628. The molecule has 0 amide bonds. The van der Waals surface area contributed by atoms with Crippen molar-refractivity contribution in [3.8, 4) is 0 Å². The van der Waals surface area contributed by atoms with Crippen molar-refractivity contribution in [1.82, 2.24) is 4.98 Å². The van der Waals surface area contributed by atoms with Crippen LogP contribution in [0.3, 0.4) is 0 Å². The third-order valence-corrected chi connectivity index (χ3v) is 3.93. The summed E-state index contributed by atoms with van der Waals surface area (Å²) in [7, 11) is 0. The van der Waals surface area contributed by atoms with Crippen LogP contribution in [0.1, 0.15) is 63.5 Å². The summed E-state index contributed by atoms with van der Waals surface area (Å²) in [6.45, 7) is 2.31. The van der Waals surface area contributed by atoms with Crippen LogP contribution in [-0.4, -0.2) is 4.98 Å². The van der Waals surface area contributed by atoms with Crippen molar-refractivity contribution in [1.29, 1.82) is 0 Å². The quantitative estimate of drug-likeness (QED) is 0.721. The number of nitrogens with zero attached hydrogens (tertiary/aromatic N) is 1. The summed E-state index contributed by atoms with van der Waals surface area (Å²) < 4.78 is 0. The van der Waals surface area contributed by atoms with Gasteiger partial charge in [-0.25, -0.2) is 0 Å². The van der Waals surface area contributed by atoms with Gasteiger partial charge in [0, 0.05) is 11.9 Å². The summed E-state index contributed by atoms with van der Waals surface area (Å²) in [5.74, 6) is 1.63. The van der Waals surface area contributed by atoms with Gasteiger partial charge in [-0.3, -0.25) is 4.98 Å². The van der Waals surface area contributed by atoms with E-state index < -0.39 is 0 Å². The molecule has 1 aliphatic carbocycles. The lowest BCUT2D eigenvalue weighted by Gasteiger charge is -2.22. The third-order valence-electron chi connectivity index (χ3n) is 3.93. The van der Waals surface area contributed by atoms with Gasteiger partial charge in [0.05, 0.1) is 0 Å². The molecule has 0 radical (unpaired) electrons. The molecule has 0 aromatic carbocycles. The van der Waals surface area contributed by atoms with Gasteiger partial charge in [-0.15, -0.1) is 0 Å². The van der Waals surface area contributed by atoms with E-state index in [4.69, 9.17) is 0 Å². The molecule has 1 atom stereocenters. The zero-order valence-corrected chi connectivity index (χ0v) is 10.4. The number of hydrogen-bond donors (Lipinski definition) is 0. The van der Waals surface area contributed by atoms with Crippen LogP contribution >= 0.6 is 0 Å². The van der Waals surface area contributed by atoms with E-state index in [-0.39, 0.29) is 0 Å². The van der Waals surface area contributed by atoms with E-state index in [9.17, 15) is 0 Å². The molecule has 0 N–H and O–H groups in total. The highest BCUT2D eigenvalue weighted by atomic mass is 14.7. The molecule has 1 saturated carbocycles. The first kappa shape index (κ1) is 11.6. The fourth-order valence-corrected chi connectivity index (χ4v) is 2.78. The average molecular weight is 217 g/mol. The third kappa shape index (κ3) is 3.33. The molecule has 16 heavy (non-hydrogen) atoms. The van der Waals surface area contributed by atoms with Gasteiger partial charge in [-0.2, -0.15) is 0 Å². The predicted octanol–water partition coefficient (Wildman–Crippen LogP) is 4.55. The maximum absolute atomic E-state index is 4.44. The number of aromatic nitrogens is 1. The Labute approximate surface area is 99.3 Å². The summed E-state index contributed by atoms with van der Waals surface area (Å²) in [5.41, 5.74) is 1.26. The second-order valence-corrected chi connectivity index (χ2v) is 5.24. The highest BCUT2D eigenvalue weighted by Gasteiger charge is 2.15. The molecule has 1 aromatic rings. The van der Waals surface area contributed by atoms with E-state index in [1.165, 1.54) is 50.6 Å². The molecule has 0 spiro atoms. The second kappa shape index (κ2) is 6.03. The van der Waals surface area contributed by atoms with Gasteiger partial charge in [0.2, 0.25) is 0 Å². The second-order valence-electron chi connectivity index (χ2n) is 5.24. The number of pyridine rings is 1. The van der Waals surface area contributed by atoms with E-state index in [1.54, 1.807) is 0 Å². The van der Waals surface area contributed by atoms with Gasteiger partial charge in [0.1, 0.15) is 0 Å². The maximum Gasteiger partial charge on any atom is 0.0431 e. The van der Waals surface area contributed by atoms with Crippen LogP contribution in [0.2, 0.25) is 0 Å². The van der Waals surface area contributed by atoms with Crippen molar-refractivity contribution in [3.63, 3.8) is 0 Å². The molecule has 1 heteroatoms. The number of rotatable bonds is 4. The number of hydrogen-bond acceptors (Lipinski definition) is 1. The summed E-state index contributed by atoms with van der Waals surface area (Å²) >= 11 is 0. The van der Waals surface area contributed by atoms with E-state index >= 15 is 0 Å². The molecule has 1 aromatic heterocycles. The summed E-state index contributed by atoms with van der Waals surface area (Å²) in [5, 5.41) is 0. The standard InChI is InChI=1S/C15H23N/c1-13(15-9-5-6-12-16-15)10-11-14-7-3-2-4-8-14/h5-6,9,12-14H,2-4,7-8,10-11H2,1H3. The predicted molar refractivity (Wildman–Crippen MR) is 68.5 cm³/mol. The Morgan fingerprint density at radius 2 is 2.06 bits per heavy atom. The van der Waals surface area contributed by atoms with Gasteiger partial charge in [-0.1, -0.05) is 45.1 Å². The van der Waals surface area contributed by atoms with Crippen molar-refractivity contribution < 1.29 is 0 Å². The van der Waals surface area contributed by atoms with Crippen LogP contribution < -0.4 is 0 Å². The van der Waals surface area contributed by atoms with Crippen LogP contribution in [0, 0.1) is 5.92 Å². The summed E-state index contributed by atoms with van der Waals surface area (Å²) in [4.78, 5) is 4.44. The van der Waals surface area contributed by atoms with E-state index in [2.05, 4.69) is 24.0 Å². The minimum absolute atomic E-state index is 0.628. The Balaban J connectivity index is 1.77. The Kier molecular flexibility index (Phi) is 4.38. The Morgan fingerprint density at radius 1 is 1.25 bits per heavy atom. The van der Waals surface area contributed by atoms with Crippen molar-refractivity contribution in [2.75, 3.05) is 0 Å². The summed E-state index contributed by atoms with van der Waals surface area (Å²) in [6.07, 6.45) is 11.9. The Morgan fingerprint density at radius 3 is 2.75 bits per heavy atom. The molecule has 1 nitrogen and oxygen atoms in total. The van der Waals surface area contributed by atoms with Gasteiger partial charge in [0.25, 0.3) is 0 Å². The molecule has 0 aliphatic heterocycles. The molecule has 1 aliphatic rings. The first-order valence-corrected chi connectivity index (χ1v) is 6.77. The minimum Gasteiger partial charge on any atom is -0.261 e. The average Bonchev–Trinajstić information content (AvgIpc) is 2.38. The van der Waals surface area contributed by atoms with Gasteiger partial charge < -0.3 is 0 Å². The molecule has 2 rings (SSSR count). The van der Waals surface area contributed by atoms with Crippen LogP contribution in [0.5, 0.6) is 0 Å². The molecular weight excluding hydrogens is 194 g/mol. The Hall–Kier alpha value is -0.850. The first-order chi connectivity index (χ1) is 7.86. The zero-order valence-electron chi connectivity index (χ0n) is 10.4.